The van der Waals surface area contributed by atoms with Gasteiger partial charge in [0, 0.05) is 0 Å². The van der Waals surface area contributed by atoms with Crippen LogP contribution in [0.4, 0.5) is 0 Å². The molecular weight excluding hydrogens is 359 g/mol. The van der Waals surface area contributed by atoms with Crippen LogP contribution in [0, 0.1) is 0 Å². The third kappa shape index (κ3) is 6.72. The molecule has 0 aliphatic carbocycles. The van der Waals surface area contributed by atoms with E-state index in [1.807, 2.05) is 24.3 Å². The maximum atomic E-state index is 11.9. The largest absolute Gasteiger partial charge is 1.00 e. The second kappa shape index (κ2) is 11.2. The summed E-state index contributed by atoms with van der Waals surface area (Å²) < 4.78 is 35.7. The van der Waals surface area contributed by atoms with E-state index >= 15 is 0 Å². The van der Waals surface area contributed by atoms with Crippen LogP contribution in [0.5, 0.6) is 0 Å². The molecule has 5 heteroatoms. The summed E-state index contributed by atoms with van der Waals surface area (Å²) in [4.78, 5) is -0.00607. The zero-order chi connectivity index (χ0) is 17.6. The predicted molar refractivity (Wildman–Crippen MR) is 98.4 cm³/mol. The van der Waals surface area contributed by atoms with Crippen LogP contribution in [0.1, 0.15) is 63.5 Å². The maximum Gasteiger partial charge on any atom is 1.00 e. The van der Waals surface area contributed by atoms with Crippen LogP contribution in [0.25, 0.3) is 10.8 Å². The molecule has 2 aromatic rings. The second-order valence-corrected chi connectivity index (χ2v) is 7.79. The summed E-state index contributed by atoms with van der Waals surface area (Å²) in [6.45, 7) is 4.26. The molecular formula is C20H27KO3S. The van der Waals surface area contributed by atoms with Crippen LogP contribution in [-0.4, -0.2) is 13.0 Å². The van der Waals surface area contributed by atoms with Crippen LogP contribution >= 0.6 is 0 Å². The minimum atomic E-state index is -4.49. The van der Waals surface area contributed by atoms with E-state index < -0.39 is 10.1 Å². The van der Waals surface area contributed by atoms with E-state index in [4.69, 9.17) is 0 Å². The zero-order valence-corrected chi connectivity index (χ0v) is 19.6. The Hall–Kier alpha value is 0.246. The Balaban J connectivity index is 0.00000312. The maximum absolute atomic E-state index is 11.9. The topological polar surface area (TPSA) is 57.2 Å². The first-order valence-corrected chi connectivity index (χ1v) is 10.4. The average Bonchev–Trinajstić information content (AvgIpc) is 2.53. The smallest absolute Gasteiger partial charge is 0.744 e. The van der Waals surface area contributed by atoms with Crippen molar-refractivity contribution in [2.45, 2.75) is 70.1 Å². The molecule has 0 fully saturated rings. The van der Waals surface area contributed by atoms with Crippen LogP contribution in [0.15, 0.2) is 35.2 Å². The fraction of sp³-hybridized carbons (Fsp3) is 0.500. The summed E-state index contributed by atoms with van der Waals surface area (Å²) in [6, 6.07) is 9.61. The van der Waals surface area contributed by atoms with Gasteiger partial charge in [-0.25, -0.2) is 8.42 Å². The van der Waals surface area contributed by atoms with Gasteiger partial charge in [-0.1, -0.05) is 63.8 Å². The summed E-state index contributed by atoms with van der Waals surface area (Å²) in [5, 5.41) is 1.41. The van der Waals surface area contributed by atoms with E-state index in [0.717, 1.165) is 55.9 Å². The van der Waals surface area contributed by atoms with E-state index in [-0.39, 0.29) is 56.3 Å². The Morgan fingerprint density at radius 3 is 2.08 bits per heavy atom. The van der Waals surface area contributed by atoms with Gasteiger partial charge in [-0.15, -0.1) is 0 Å². The number of hydrogen-bond donors (Lipinski definition) is 0. The van der Waals surface area contributed by atoms with Crippen LogP contribution in [0.2, 0.25) is 0 Å². The van der Waals surface area contributed by atoms with Crippen molar-refractivity contribution in [1.29, 1.82) is 0 Å². The first-order chi connectivity index (χ1) is 11.5. The molecule has 25 heavy (non-hydrogen) atoms. The molecule has 0 aromatic heterocycles. The van der Waals surface area contributed by atoms with Crippen molar-refractivity contribution in [2.24, 2.45) is 0 Å². The van der Waals surface area contributed by atoms with Crippen molar-refractivity contribution >= 4 is 20.9 Å². The second-order valence-electron chi connectivity index (χ2n) is 6.48. The normalized spacial score (nSPS) is 11.5. The minimum Gasteiger partial charge on any atom is -0.744 e. The molecule has 0 atom stereocenters. The van der Waals surface area contributed by atoms with Gasteiger partial charge in [0.2, 0.25) is 0 Å². The first kappa shape index (κ1) is 23.3. The number of unbranched alkanes of at least 4 members (excludes halogenated alkanes) is 4. The average molecular weight is 387 g/mol. The fourth-order valence-electron chi connectivity index (χ4n) is 3.18. The molecule has 0 spiro atoms. The number of hydrogen-bond acceptors (Lipinski definition) is 3. The van der Waals surface area contributed by atoms with Gasteiger partial charge >= 0.3 is 51.4 Å². The zero-order valence-electron chi connectivity index (χ0n) is 15.7. The van der Waals surface area contributed by atoms with Crippen molar-refractivity contribution in [3.05, 3.63) is 41.5 Å². The number of benzene rings is 2. The SMILES string of the molecule is CCCCCc1ccc2ccc(CCCCC)c(S(=O)(=O)[O-])c2c1.[K+]. The van der Waals surface area contributed by atoms with Gasteiger partial charge in [0.05, 0.1) is 4.90 Å². The molecule has 0 aliphatic rings. The molecule has 0 unspecified atom stereocenters. The summed E-state index contributed by atoms with van der Waals surface area (Å²) >= 11 is 0. The van der Waals surface area contributed by atoms with Gasteiger partial charge < -0.3 is 4.55 Å². The number of rotatable bonds is 9. The molecule has 2 aromatic carbocycles. The number of aryl methyl sites for hydroxylation is 2. The van der Waals surface area contributed by atoms with Crippen LogP contribution in [0.3, 0.4) is 0 Å². The van der Waals surface area contributed by atoms with Gasteiger partial charge in [0.15, 0.2) is 0 Å². The van der Waals surface area contributed by atoms with E-state index in [1.54, 1.807) is 6.07 Å². The first-order valence-electron chi connectivity index (χ1n) is 8.97. The van der Waals surface area contributed by atoms with Crippen LogP contribution in [-0.2, 0) is 23.0 Å². The quantitative estimate of drug-likeness (QED) is 0.377. The van der Waals surface area contributed by atoms with E-state index in [1.165, 1.54) is 0 Å². The standard InChI is InChI=1S/C20H28O3S.K/c1-3-5-7-9-16-11-12-17-13-14-18(10-8-6-4-2)20(19(17)15-16)24(21,22)23;/h11-15H,3-10H2,1-2H3,(H,21,22,23);/q;+1/p-1. The van der Waals surface area contributed by atoms with Crippen molar-refractivity contribution in [3.8, 4) is 0 Å². The van der Waals surface area contributed by atoms with Crippen LogP contribution < -0.4 is 51.4 Å². The predicted octanol–water partition coefficient (Wildman–Crippen LogP) is 2.21. The molecule has 0 N–H and O–H groups in total. The Morgan fingerprint density at radius 2 is 1.48 bits per heavy atom. The number of fused-ring (bicyclic) bond motifs is 1. The van der Waals surface area contributed by atoms with Gasteiger partial charge in [-0.2, -0.15) is 0 Å². The van der Waals surface area contributed by atoms with E-state index in [9.17, 15) is 13.0 Å². The van der Waals surface area contributed by atoms with Crippen molar-refractivity contribution < 1.29 is 64.4 Å². The summed E-state index contributed by atoms with van der Waals surface area (Å²) in [5.41, 5.74) is 1.77. The van der Waals surface area contributed by atoms with Crippen molar-refractivity contribution in [1.82, 2.24) is 0 Å². The molecule has 3 nitrogen and oxygen atoms in total. The molecule has 0 radical (unpaired) electrons. The van der Waals surface area contributed by atoms with E-state index in [0.29, 0.717) is 17.4 Å². The van der Waals surface area contributed by atoms with Gasteiger partial charge in [0.1, 0.15) is 10.1 Å². The molecule has 2 rings (SSSR count). The Bertz CT molecular complexity index is 780. The summed E-state index contributed by atoms with van der Waals surface area (Å²) in [5.74, 6) is 0. The summed E-state index contributed by atoms with van der Waals surface area (Å²) in [6.07, 6.45) is 7.94. The Morgan fingerprint density at radius 1 is 0.880 bits per heavy atom. The Labute approximate surface area is 194 Å². The molecule has 0 heterocycles. The third-order valence-corrected chi connectivity index (χ3v) is 5.47. The molecule has 0 bridgehead atoms. The molecule has 0 saturated carbocycles. The van der Waals surface area contributed by atoms with Gasteiger partial charge in [-0.05, 0) is 53.6 Å². The molecule has 0 amide bonds. The summed E-state index contributed by atoms with van der Waals surface area (Å²) in [7, 11) is -4.49. The molecule has 132 valence electrons. The van der Waals surface area contributed by atoms with Crippen molar-refractivity contribution in [3.63, 3.8) is 0 Å². The van der Waals surface area contributed by atoms with E-state index in [2.05, 4.69) is 13.8 Å². The van der Waals surface area contributed by atoms with Gasteiger partial charge in [-0.3, -0.25) is 0 Å². The minimum absolute atomic E-state index is 0. The monoisotopic (exact) mass is 386 g/mol. The van der Waals surface area contributed by atoms with Gasteiger partial charge in [0.25, 0.3) is 0 Å². The molecule has 0 aliphatic heterocycles. The molecule has 0 saturated heterocycles. The Kier molecular flexibility index (Phi) is 10.4. The third-order valence-electron chi connectivity index (χ3n) is 4.49. The van der Waals surface area contributed by atoms with Crippen molar-refractivity contribution in [2.75, 3.05) is 0 Å². The fourth-order valence-corrected chi connectivity index (χ4v) is 4.11.